The molecule has 0 fully saturated rings. The number of amides is 1. The second kappa shape index (κ2) is 10.2. The minimum Gasteiger partial charge on any atom is -0.396 e. The fourth-order valence-electron chi connectivity index (χ4n) is 4.39. The van der Waals surface area contributed by atoms with Gasteiger partial charge in [0.1, 0.15) is 17.0 Å². The summed E-state index contributed by atoms with van der Waals surface area (Å²) in [5, 5.41) is 13.1. The number of halogens is 1. The highest BCUT2D eigenvalue weighted by atomic mass is 19.1. The summed E-state index contributed by atoms with van der Waals surface area (Å²) >= 11 is 0. The van der Waals surface area contributed by atoms with E-state index < -0.39 is 17.3 Å². The van der Waals surface area contributed by atoms with E-state index in [1.165, 1.54) is 22.9 Å². The molecule has 0 unspecified atom stereocenters. The Hall–Kier alpha value is -3.84. The van der Waals surface area contributed by atoms with Crippen molar-refractivity contribution in [2.45, 2.75) is 33.9 Å². The van der Waals surface area contributed by atoms with Crippen LogP contribution in [-0.4, -0.2) is 27.2 Å². The predicted molar refractivity (Wildman–Crippen MR) is 135 cm³/mol. The number of rotatable bonds is 7. The molecule has 1 amide bonds. The van der Waals surface area contributed by atoms with Crippen molar-refractivity contribution in [2.75, 3.05) is 6.61 Å². The first kappa shape index (κ1) is 24.3. The van der Waals surface area contributed by atoms with Gasteiger partial charge >= 0.3 is 0 Å². The average Bonchev–Trinajstić information content (AvgIpc) is 2.84. The van der Waals surface area contributed by atoms with Crippen LogP contribution < -0.4 is 10.9 Å². The van der Waals surface area contributed by atoms with E-state index in [1.54, 1.807) is 31.2 Å². The van der Waals surface area contributed by atoms with Crippen LogP contribution in [0.5, 0.6) is 0 Å². The number of nitrogens with zero attached hydrogens (tertiary/aromatic N) is 2. The maximum atomic E-state index is 13.7. The maximum Gasteiger partial charge on any atom is 0.277 e. The molecule has 0 bridgehead atoms. The highest BCUT2D eigenvalue weighted by Crippen LogP contribution is 2.31. The van der Waals surface area contributed by atoms with E-state index in [0.717, 1.165) is 16.7 Å². The van der Waals surface area contributed by atoms with Crippen molar-refractivity contribution in [3.63, 3.8) is 0 Å². The van der Waals surface area contributed by atoms with Crippen LogP contribution in [0, 0.1) is 25.6 Å². The molecule has 4 rings (SSSR count). The van der Waals surface area contributed by atoms with Gasteiger partial charge in [-0.1, -0.05) is 54.4 Å². The van der Waals surface area contributed by atoms with Crippen LogP contribution in [0.4, 0.5) is 4.39 Å². The van der Waals surface area contributed by atoms with Gasteiger partial charge in [-0.25, -0.2) is 4.39 Å². The number of benzene rings is 2. The number of aliphatic hydroxyl groups excluding tert-OH is 1. The number of carbonyl (C=O) groups excluding carboxylic acids is 1. The second-order valence-electron chi connectivity index (χ2n) is 9.01. The molecule has 0 saturated heterocycles. The molecule has 0 aliphatic carbocycles. The minimum absolute atomic E-state index is 0.127. The van der Waals surface area contributed by atoms with E-state index in [9.17, 15) is 19.1 Å². The third kappa shape index (κ3) is 5.15. The first-order valence-electron chi connectivity index (χ1n) is 11.5. The molecule has 6 nitrogen and oxygen atoms in total. The van der Waals surface area contributed by atoms with Crippen molar-refractivity contribution in [3.8, 4) is 11.1 Å². The summed E-state index contributed by atoms with van der Waals surface area (Å²) in [6.07, 6.45) is 1.53. The van der Waals surface area contributed by atoms with Gasteiger partial charge in [0.2, 0.25) is 0 Å². The van der Waals surface area contributed by atoms with Gasteiger partial charge in [0.25, 0.3) is 11.5 Å². The van der Waals surface area contributed by atoms with Gasteiger partial charge in [-0.05, 0) is 49.1 Å². The van der Waals surface area contributed by atoms with E-state index >= 15 is 0 Å². The lowest BCUT2D eigenvalue weighted by Crippen LogP contribution is -2.35. The summed E-state index contributed by atoms with van der Waals surface area (Å²) < 4.78 is 15.1. The van der Waals surface area contributed by atoms with Gasteiger partial charge in [0, 0.05) is 36.8 Å². The zero-order chi connectivity index (χ0) is 25.1. The Bertz CT molecular complexity index is 1420. The molecule has 0 saturated carbocycles. The molecule has 0 spiro atoms. The Kier molecular flexibility index (Phi) is 7.07. The van der Waals surface area contributed by atoms with Gasteiger partial charge in [-0.2, -0.15) is 0 Å². The average molecular weight is 474 g/mol. The van der Waals surface area contributed by atoms with Crippen molar-refractivity contribution >= 4 is 16.8 Å². The number of fused-ring (bicyclic) bond motifs is 1. The van der Waals surface area contributed by atoms with Crippen molar-refractivity contribution in [1.29, 1.82) is 0 Å². The molecule has 0 aliphatic rings. The number of carbonyl (C=O) groups is 1. The van der Waals surface area contributed by atoms with E-state index in [2.05, 4.69) is 16.4 Å². The van der Waals surface area contributed by atoms with Crippen molar-refractivity contribution < 1.29 is 14.3 Å². The van der Waals surface area contributed by atoms with E-state index in [4.69, 9.17) is 0 Å². The zero-order valence-corrected chi connectivity index (χ0v) is 20.0. The second-order valence-corrected chi connectivity index (χ2v) is 9.01. The van der Waals surface area contributed by atoms with Gasteiger partial charge in [-0.15, -0.1) is 0 Å². The van der Waals surface area contributed by atoms with Crippen molar-refractivity contribution in [1.82, 2.24) is 14.9 Å². The van der Waals surface area contributed by atoms with Crippen LogP contribution in [0.3, 0.4) is 0 Å². The normalized spacial score (nSPS) is 12.0. The molecule has 0 radical (unpaired) electrons. The van der Waals surface area contributed by atoms with Crippen molar-refractivity contribution in [2.24, 2.45) is 5.92 Å². The number of aryl methyl sites for hydroxylation is 2. The standard InChI is InChI=1S/C28H28FN3O3/c1-17-11-18(2)13-20(12-17)14-31-27(34)26-24(21-6-8-22(29)9-7-21)23-5-4-10-30-25(23)28(35)32(26)15-19(3)16-33/h4-13,19,33H,14-16H2,1-3H3,(H,31,34)/t19-/m1/s1. The smallest absolute Gasteiger partial charge is 0.277 e. The Morgan fingerprint density at radius 3 is 2.46 bits per heavy atom. The molecular weight excluding hydrogens is 445 g/mol. The molecule has 2 aromatic carbocycles. The molecule has 2 aromatic heterocycles. The zero-order valence-electron chi connectivity index (χ0n) is 20.0. The predicted octanol–water partition coefficient (Wildman–Crippen LogP) is 4.38. The van der Waals surface area contributed by atoms with E-state index in [1.807, 2.05) is 26.0 Å². The third-order valence-corrected chi connectivity index (χ3v) is 5.92. The van der Waals surface area contributed by atoms with Gasteiger partial charge in [-0.3, -0.25) is 14.6 Å². The van der Waals surface area contributed by atoms with Crippen LogP contribution >= 0.6 is 0 Å². The highest BCUT2D eigenvalue weighted by Gasteiger charge is 2.25. The molecule has 0 aliphatic heterocycles. The van der Waals surface area contributed by atoms with Gasteiger partial charge < -0.3 is 15.0 Å². The van der Waals surface area contributed by atoms with Gasteiger partial charge in [0.05, 0.1) is 0 Å². The minimum atomic E-state index is -0.434. The summed E-state index contributed by atoms with van der Waals surface area (Å²) in [7, 11) is 0. The number of hydrogen-bond donors (Lipinski definition) is 2. The van der Waals surface area contributed by atoms with Gasteiger partial charge in [0.15, 0.2) is 0 Å². The van der Waals surface area contributed by atoms with E-state index in [-0.39, 0.29) is 36.8 Å². The monoisotopic (exact) mass is 473 g/mol. The third-order valence-electron chi connectivity index (χ3n) is 5.92. The first-order valence-corrected chi connectivity index (χ1v) is 11.5. The van der Waals surface area contributed by atoms with Crippen LogP contribution in [0.1, 0.15) is 34.1 Å². The number of nitrogens with one attached hydrogen (secondary N) is 1. The first-order chi connectivity index (χ1) is 16.8. The molecule has 35 heavy (non-hydrogen) atoms. The SMILES string of the molecule is Cc1cc(C)cc(CNC(=O)c2c(-c3ccc(F)cc3)c3cccnc3c(=O)n2C[C@@H](C)CO)c1. The molecule has 180 valence electrons. The lowest BCUT2D eigenvalue weighted by atomic mass is 9.97. The number of aromatic nitrogens is 2. The Balaban J connectivity index is 1.92. The summed E-state index contributed by atoms with van der Waals surface area (Å²) in [5.74, 6) is -1.11. The van der Waals surface area contributed by atoms with Crippen LogP contribution in [0.2, 0.25) is 0 Å². The highest BCUT2D eigenvalue weighted by molar-refractivity contribution is 6.07. The molecule has 2 heterocycles. The van der Waals surface area contributed by atoms with Crippen LogP contribution in [0.15, 0.2) is 65.6 Å². The molecule has 7 heteroatoms. The Labute approximate surface area is 203 Å². The Morgan fingerprint density at radius 2 is 1.80 bits per heavy atom. The fraction of sp³-hybridized carbons (Fsp3) is 0.250. The summed E-state index contributed by atoms with van der Waals surface area (Å²) in [5.41, 5.74) is 4.16. The Morgan fingerprint density at radius 1 is 1.11 bits per heavy atom. The summed E-state index contributed by atoms with van der Waals surface area (Å²) in [6.45, 7) is 6.04. The van der Waals surface area contributed by atoms with Crippen molar-refractivity contribution in [3.05, 3.63) is 99.3 Å². The topological polar surface area (TPSA) is 84.2 Å². The number of hydrogen-bond acceptors (Lipinski definition) is 4. The quantitative estimate of drug-likeness (QED) is 0.417. The van der Waals surface area contributed by atoms with E-state index in [0.29, 0.717) is 16.5 Å². The molecule has 1 atom stereocenters. The largest absolute Gasteiger partial charge is 0.396 e. The van der Waals surface area contributed by atoms with Crippen LogP contribution in [0.25, 0.3) is 22.0 Å². The number of pyridine rings is 2. The lowest BCUT2D eigenvalue weighted by Gasteiger charge is -2.21. The number of aliphatic hydroxyl groups is 1. The lowest BCUT2D eigenvalue weighted by molar-refractivity contribution is 0.0938. The molecule has 2 N–H and O–H groups in total. The summed E-state index contributed by atoms with van der Waals surface area (Å²) in [4.78, 5) is 31.5. The van der Waals surface area contributed by atoms with Crippen LogP contribution in [-0.2, 0) is 13.1 Å². The molecular formula is C28H28FN3O3. The fourth-order valence-corrected chi connectivity index (χ4v) is 4.39. The maximum absolute atomic E-state index is 13.7. The summed E-state index contributed by atoms with van der Waals surface area (Å²) in [6, 6.07) is 15.3. The molecule has 4 aromatic rings.